The lowest BCUT2D eigenvalue weighted by Gasteiger charge is -2.35. The van der Waals surface area contributed by atoms with Crippen molar-refractivity contribution in [2.45, 2.75) is 30.9 Å². The van der Waals surface area contributed by atoms with Crippen LogP contribution in [0.25, 0.3) is 0 Å². The average Bonchev–Trinajstić information content (AvgIpc) is 2.41. The van der Waals surface area contributed by atoms with Crippen molar-refractivity contribution in [1.82, 2.24) is 4.31 Å². The summed E-state index contributed by atoms with van der Waals surface area (Å²) in [5.74, 6) is -0.634. The van der Waals surface area contributed by atoms with Crippen LogP contribution in [-0.2, 0) is 14.8 Å². The number of halogens is 1. The fourth-order valence-corrected chi connectivity index (χ4v) is 4.07. The highest BCUT2D eigenvalue weighted by Gasteiger charge is 2.34. The first kappa shape index (κ1) is 16.3. The Balaban J connectivity index is 2.44. The van der Waals surface area contributed by atoms with E-state index in [-0.39, 0.29) is 34.1 Å². The number of nitrogens with two attached hydrogens (primary N) is 1. The van der Waals surface area contributed by atoms with Gasteiger partial charge in [0.15, 0.2) is 0 Å². The lowest BCUT2D eigenvalue weighted by molar-refractivity contribution is -0.0170. The monoisotopic (exact) mass is 332 g/mol. The Morgan fingerprint density at radius 1 is 1.48 bits per heavy atom. The summed E-state index contributed by atoms with van der Waals surface area (Å²) < 4.78 is 45.8. The Kier molecular flexibility index (Phi) is 4.62. The Bertz CT molecular complexity index is 663. The largest absolute Gasteiger partial charge is 0.389 e. The van der Waals surface area contributed by atoms with Gasteiger partial charge in [-0.15, -0.1) is 0 Å². The summed E-state index contributed by atoms with van der Waals surface area (Å²) in [6.07, 6.45) is -0.188. The molecule has 1 aromatic rings. The first-order chi connectivity index (χ1) is 9.73. The predicted molar refractivity (Wildman–Crippen MR) is 81.1 cm³/mol. The van der Waals surface area contributed by atoms with Crippen molar-refractivity contribution in [2.75, 3.05) is 13.2 Å². The summed E-state index contributed by atoms with van der Waals surface area (Å²) in [6.45, 7) is 4.15. The SMILES string of the molecule is CC1CN(S(=O)(=O)c2ccc(F)c(C(N)=S)c2)C(C)CO1. The van der Waals surface area contributed by atoms with Gasteiger partial charge in [0.05, 0.1) is 17.6 Å². The first-order valence-corrected chi connectivity index (χ1v) is 8.31. The molecule has 1 fully saturated rings. The van der Waals surface area contributed by atoms with Crippen LogP contribution in [0.15, 0.2) is 23.1 Å². The van der Waals surface area contributed by atoms with Crippen LogP contribution >= 0.6 is 12.2 Å². The molecular weight excluding hydrogens is 315 g/mol. The van der Waals surface area contributed by atoms with E-state index in [2.05, 4.69) is 0 Å². The summed E-state index contributed by atoms with van der Waals surface area (Å²) in [6, 6.07) is 3.18. The molecule has 1 aliphatic rings. The van der Waals surface area contributed by atoms with Crippen molar-refractivity contribution in [3.05, 3.63) is 29.6 Å². The summed E-state index contributed by atoms with van der Waals surface area (Å²) in [5, 5.41) is 0. The number of ether oxygens (including phenoxy) is 1. The van der Waals surface area contributed by atoms with Gasteiger partial charge in [0.2, 0.25) is 10.0 Å². The number of rotatable bonds is 3. The molecule has 21 heavy (non-hydrogen) atoms. The van der Waals surface area contributed by atoms with E-state index in [0.29, 0.717) is 6.61 Å². The number of hydrogen-bond acceptors (Lipinski definition) is 4. The number of hydrogen-bond donors (Lipinski definition) is 1. The Labute approximate surface area is 128 Å². The molecule has 2 N–H and O–H groups in total. The van der Waals surface area contributed by atoms with Crippen LogP contribution in [0.2, 0.25) is 0 Å². The zero-order valence-electron chi connectivity index (χ0n) is 11.7. The summed E-state index contributed by atoms with van der Waals surface area (Å²) in [4.78, 5) is -0.194. The first-order valence-electron chi connectivity index (χ1n) is 6.46. The Morgan fingerprint density at radius 2 is 2.14 bits per heavy atom. The molecule has 1 aliphatic heterocycles. The normalized spacial score (nSPS) is 24.0. The van der Waals surface area contributed by atoms with E-state index in [1.807, 2.05) is 0 Å². The fourth-order valence-electron chi connectivity index (χ4n) is 2.20. The minimum absolute atomic E-state index is 0.0207. The van der Waals surface area contributed by atoms with Crippen LogP contribution in [0.5, 0.6) is 0 Å². The van der Waals surface area contributed by atoms with Crippen LogP contribution in [0.4, 0.5) is 4.39 Å². The molecule has 1 saturated heterocycles. The van der Waals surface area contributed by atoms with Crippen LogP contribution in [0.1, 0.15) is 19.4 Å². The molecule has 2 unspecified atom stereocenters. The highest BCUT2D eigenvalue weighted by molar-refractivity contribution is 7.89. The molecule has 0 bridgehead atoms. The molecule has 1 aromatic carbocycles. The lowest BCUT2D eigenvalue weighted by atomic mass is 10.2. The zero-order valence-corrected chi connectivity index (χ0v) is 13.4. The van der Waals surface area contributed by atoms with Crippen molar-refractivity contribution >= 4 is 27.2 Å². The minimum atomic E-state index is -3.75. The zero-order chi connectivity index (χ0) is 15.8. The van der Waals surface area contributed by atoms with E-state index in [9.17, 15) is 12.8 Å². The van der Waals surface area contributed by atoms with Gasteiger partial charge in [0.1, 0.15) is 10.8 Å². The Hall–Kier alpha value is -1.09. The van der Waals surface area contributed by atoms with Crippen molar-refractivity contribution in [3.63, 3.8) is 0 Å². The standard InChI is InChI=1S/C13H17FN2O3S2/c1-8-7-19-9(2)6-16(8)21(17,18)10-3-4-12(14)11(5-10)13(15)20/h3-5,8-9H,6-7H2,1-2H3,(H2,15,20). The fraction of sp³-hybridized carbons (Fsp3) is 0.462. The molecule has 116 valence electrons. The molecule has 2 rings (SSSR count). The molecule has 0 aliphatic carbocycles. The van der Waals surface area contributed by atoms with Crippen LogP contribution in [0, 0.1) is 5.82 Å². The van der Waals surface area contributed by atoms with Crippen molar-refractivity contribution in [2.24, 2.45) is 5.73 Å². The number of morpholine rings is 1. The summed E-state index contributed by atoms with van der Waals surface area (Å²) >= 11 is 4.74. The number of benzene rings is 1. The number of nitrogens with zero attached hydrogens (tertiary/aromatic N) is 1. The highest BCUT2D eigenvalue weighted by Crippen LogP contribution is 2.24. The third-order valence-electron chi connectivity index (χ3n) is 3.36. The molecule has 0 spiro atoms. The van der Waals surface area contributed by atoms with Crippen LogP contribution in [0.3, 0.4) is 0 Å². The van der Waals surface area contributed by atoms with E-state index < -0.39 is 15.8 Å². The quantitative estimate of drug-likeness (QED) is 0.844. The molecule has 5 nitrogen and oxygen atoms in total. The molecule has 0 saturated carbocycles. The van der Waals surface area contributed by atoms with Crippen molar-refractivity contribution < 1.29 is 17.5 Å². The second-order valence-electron chi connectivity index (χ2n) is 5.07. The van der Waals surface area contributed by atoms with Gasteiger partial charge >= 0.3 is 0 Å². The molecule has 0 aromatic heterocycles. The van der Waals surface area contributed by atoms with E-state index in [4.69, 9.17) is 22.7 Å². The molecule has 0 radical (unpaired) electrons. The van der Waals surface area contributed by atoms with Crippen LogP contribution < -0.4 is 5.73 Å². The molecule has 2 atom stereocenters. The minimum Gasteiger partial charge on any atom is -0.389 e. The second kappa shape index (κ2) is 5.96. The van der Waals surface area contributed by atoms with Gasteiger partial charge in [0, 0.05) is 18.2 Å². The molecule has 1 heterocycles. The van der Waals surface area contributed by atoms with Gasteiger partial charge in [0.25, 0.3) is 0 Å². The number of sulfonamides is 1. The second-order valence-corrected chi connectivity index (χ2v) is 7.40. The van der Waals surface area contributed by atoms with E-state index >= 15 is 0 Å². The lowest BCUT2D eigenvalue weighted by Crippen LogP contribution is -2.50. The van der Waals surface area contributed by atoms with Gasteiger partial charge in [-0.2, -0.15) is 4.31 Å². The maximum absolute atomic E-state index is 13.6. The van der Waals surface area contributed by atoms with Gasteiger partial charge < -0.3 is 10.5 Å². The summed E-state index contributed by atoms with van der Waals surface area (Å²) in [5.41, 5.74) is 5.35. The van der Waals surface area contributed by atoms with E-state index in [1.54, 1.807) is 13.8 Å². The third kappa shape index (κ3) is 3.23. The molecule has 0 amide bonds. The van der Waals surface area contributed by atoms with Gasteiger partial charge in [-0.05, 0) is 32.0 Å². The van der Waals surface area contributed by atoms with E-state index in [0.717, 1.165) is 6.07 Å². The number of thiocarbonyl (C=S) groups is 1. The van der Waals surface area contributed by atoms with Crippen molar-refractivity contribution in [3.8, 4) is 0 Å². The smallest absolute Gasteiger partial charge is 0.243 e. The topological polar surface area (TPSA) is 72.6 Å². The maximum Gasteiger partial charge on any atom is 0.243 e. The maximum atomic E-state index is 13.6. The summed E-state index contributed by atoms with van der Waals surface area (Å²) in [7, 11) is -3.75. The highest BCUT2D eigenvalue weighted by atomic mass is 32.2. The average molecular weight is 332 g/mol. The van der Waals surface area contributed by atoms with Crippen LogP contribution in [-0.4, -0.2) is 43.0 Å². The predicted octanol–water partition coefficient (Wildman–Crippen LogP) is 1.26. The van der Waals surface area contributed by atoms with Gasteiger partial charge in [-0.1, -0.05) is 12.2 Å². The van der Waals surface area contributed by atoms with E-state index in [1.165, 1.54) is 16.4 Å². The molecule has 8 heteroatoms. The van der Waals surface area contributed by atoms with Gasteiger partial charge in [-0.3, -0.25) is 0 Å². The molecular formula is C13H17FN2O3S2. The third-order valence-corrected chi connectivity index (χ3v) is 5.56. The van der Waals surface area contributed by atoms with Crippen molar-refractivity contribution in [1.29, 1.82) is 0 Å². The van der Waals surface area contributed by atoms with Gasteiger partial charge in [-0.25, -0.2) is 12.8 Å². The Morgan fingerprint density at radius 3 is 2.76 bits per heavy atom.